The van der Waals surface area contributed by atoms with Crippen LogP contribution in [0.5, 0.6) is 5.88 Å². The van der Waals surface area contributed by atoms with Crippen molar-refractivity contribution in [3.63, 3.8) is 0 Å². The Morgan fingerprint density at radius 2 is 1.80 bits per heavy atom. The van der Waals surface area contributed by atoms with Crippen molar-refractivity contribution in [1.82, 2.24) is 4.98 Å². The zero-order valence-electron chi connectivity index (χ0n) is 12.6. The van der Waals surface area contributed by atoms with Gasteiger partial charge < -0.3 is 10.1 Å². The van der Waals surface area contributed by atoms with Crippen LogP contribution in [0.25, 0.3) is 0 Å². The van der Waals surface area contributed by atoms with Crippen LogP contribution in [0.2, 0.25) is 0 Å². The molecular formula is C15H26N2OS2. The highest BCUT2D eigenvalue weighted by Crippen LogP contribution is 2.23. The molecule has 0 bridgehead atoms. The van der Waals surface area contributed by atoms with Crippen molar-refractivity contribution >= 4 is 29.3 Å². The fraction of sp³-hybridized carbons (Fsp3) is 0.733. The Kier molecular flexibility index (Phi) is 8.78. The maximum absolute atomic E-state index is 9.76. The Morgan fingerprint density at radius 1 is 1.15 bits per heavy atom. The van der Waals surface area contributed by atoms with Gasteiger partial charge >= 0.3 is 0 Å². The number of aromatic hydroxyl groups is 1. The molecule has 0 amide bonds. The second-order valence-electron chi connectivity index (χ2n) is 5.00. The molecule has 0 aliphatic carbocycles. The Balaban J connectivity index is 2.32. The van der Waals surface area contributed by atoms with Crippen LogP contribution in [-0.2, 0) is 0 Å². The van der Waals surface area contributed by atoms with Gasteiger partial charge in [-0.25, -0.2) is 0 Å². The first-order valence-corrected chi connectivity index (χ1v) is 8.87. The summed E-state index contributed by atoms with van der Waals surface area (Å²) in [4.78, 5) is 8.19. The number of H-pyrrole nitrogens is 1. The molecule has 0 aromatic carbocycles. The second kappa shape index (κ2) is 10.1. The minimum Gasteiger partial charge on any atom is -0.493 e. The average Bonchev–Trinajstić information content (AvgIpc) is 2.76. The quantitative estimate of drug-likeness (QED) is 0.342. The minimum atomic E-state index is 0.167. The van der Waals surface area contributed by atoms with Gasteiger partial charge in [-0.3, -0.25) is 4.99 Å². The molecule has 114 valence electrons. The molecule has 3 nitrogen and oxygen atoms in total. The number of aliphatic imine (C=N–C) groups is 1. The third-order valence-corrected chi connectivity index (χ3v) is 4.56. The van der Waals surface area contributed by atoms with Crippen LogP contribution in [0.1, 0.15) is 70.1 Å². The molecule has 0 saturated heterocycles. The number of hydrogen-bond donors (Lipinski definition) is 2. The Labute approximate surface area is 131 Å². The van der Waals surface area contributed by atoms with Crippen LogP contribution in [0, 0.1) is 3.95 Å². The number of nitrogens with zero attached hydrogens (tertiary/aromatic N) is 1. The third kappa shape index (κ3) is 6.18. The van der Waals surface area contributed by atoms with E-state index in [1.165, 1.54) is 49.9 Å². The van der Waals surface area contributed by atoms with Crippen LogP contribution in [-0.4, -0.2) is 22.3 Å². The van der Waals surface area contributed by atoms with E-state index in [9.17, 15) is 5.11 Å². The predicted molar refractivity (Wildman–Crippen MR) is 90.9 cm³/mol. The first-order valence-electron chi connectivity index (χ1n) is 7.64. The molecule has 0 aliphatic rings. The van der Waals surface area contributed by atoms with E-state index in [-0.39, 0.29) is 5.88 Å². The number of unbranched alkanes of at least 4 members (excludes halogenated alkanes) is 6. The monoisotopic (exact) mass is 314 g/mol. The second-order valence-corrected chi connectivity index (χ2v) is 6.68. The lowest BCUT2D eigenvalue weighted by molar-refractivity contribution is 0.455. The molecule has 0 aliphatic heterocycles. The van der Waals surface area contributed by atoms with E-state index in [0.29, 0.717) is 3.95 Å². The molecule has 0 spiro atoms. The van der Waals surface area contributed by atoms with Gasteiger partial charge in [0.05, 0.1) is 5.71 Å². The fourth-order valence-corrected chi connectivity index (χ4v) is 3.30. The van der Waals surface area contributed by atoms with Crippen LogP contribution in [0.3, 0.4) is 0 Å². The zero-order valence-corrected chi connectivity index (χ0v) is 14.2. The van der Waals surface area contributed by atoms with Crippen molar-refractivity contribution in [3.05, 3.63) is 8.83 Å². The summed E-state index contributed by atoms with van der Waals surface area (Å²) in [7, 11) is 0. The molecule has 20 heavy (non-hydrogen) atoms. The molecule has 5 heteroatoms. The van der Waals surface area contributed by atoms with Gasteiger partial charge in [-0.05, 0) is 25.1 Å². The van der Waals surface area contributed by atoms with Gasteiger partial charge in [0.2, 0.25) is 5.88 Å². The normalized spacial score (nSPS) is 12.0. The summed E-state index contributed by atoms with van der Waals surface area (Å²) in [6.07, 6.45) is 9.88. The zero-order chi connectivity index (χ0) is 14.8. The van der Waals surface area contributed by atoms with Crippen molar-refractivity contribution in [3.8, 4) is 5.88 Å². The number of rotatable bonds is 10. The largest absolute Gasteiger partial charge is 0.493 e. The van der Waals surface area contributed by atoms with E-state index >= 15 is 0 Å². The third-order valence-electron chi connectivity index (χ3n) is 3.29. The first kappa shape index (κ1) is 17.4. The van der Waals surface area contributed by atoms with Gasteiger partial charge in [0.25, 0.3) is 0 Å². The molecule has 1 rings (SSSR count). The van der Waals surface area contributed by atoms with Crippen molar-refractivity contribution in [1.29, 1.82) is 0 Å². The highest BCUT2D eigenvalue weighted by atomic mass is 32.1. The topological polar surface area (TPSA) is 48.4 Å². The average molecular weight is 315 g/mol. The Morgan fingerprint density at radius 3 is 2.35 bits per heavy atom. The molecule has 1 aromatic heterocycles. The van der Waals surface area contributed by atoms with Crippen molar-refractivity contribution in [2.24, 2.45) is 4.99 Å². The molecule has 0 radical (unpaired) electrons. The van der Waals surface area contributed by atoms with Crippen LogP contribution in [0.4, 0.5) is 0 Å². The van der Waals surface area contributed by atoms with Gasteiger partial charge in [-0.1, -0.05) is 63.7 Å². The molecule has 1 heterocycles. The lowest BCUT2D eigenvalue weighted by Crippen LogP contribution is -1.98. The number of hydrogen-bond acceptors (Lipinski definition) is 4. The van der Waals surface area contributed by atoms with E-state index < -0.39 is 0 Å². The van der Waals surface area contributed by atoms with Gasteiger partial charge in [-0.15, -0.1) is 0 Å². The van der Waals surface area contributed by atoms with Crippen molar-refractivity contribution in [2.75, 3.05) is 6.54 Å². The van der Waals surface area contributed by atoms with Gasteiger partial charge in [0, 0.05) is 6.54 Å². The van der Waals surface area contributed by atoms with Gasteiger partial charge in [0.1, 0.15) is 4.88 Å². The summed E-state index contributed by atoms with van der Waals surface area (Å²) < 4.78 is 0.606. The highest BCUT2D eigenvalue weighted by Gasteiger charge is 2.10. The van der Waals surface area contributed by atoms with E-state index in [4.69, 9.17) is 12.2 Å². The van der Waals surface area contributed by atoms with Gasteiger partial charge in [0.15, 0.2) is 3.95 Å². The number of nitrogens with one attached hydrogen (secondary N) is 1. The molecule has 0 saturated carbocycles. The summed E-state index contributed by atoms with van der Waals surface area (Å²) >= 11 is 6.44. The summed E-state index contributed by atoms with van der Waals surface area (Å²) in [5.74, 6) is 0.167. The molecule has 0 fully saturated rings. The van der Waals surface area contributed by atoms with E-state index in [1.807, 2.05) is 0 Å². The van der Waals surface area contributed by atoms with Crippen molar-refractivity contribution < 1.29 is 5.11 Å². The maximum Gasteiger partial charge on any atom is 0.209 e. The summed E-state index contributed by atoms with van der Waals surface area (Å²) in [5.41, 5.74) is 0.964. The number of thiazole rings is 1. The van der Waals surface area contributed by atoms with Crippen LogP contribution >= 0.6 is 23.6 Å². The number of aromatic nitrogens is 1. The minimum absolute atomic E-state index is 0.167. The van der Waals surface area contributed by atoms with E-state index in [2.05, 4.69) is 23.8 Å². The molecule has 1 aromatic rings. The smallest absolute Gasteiger partial charge is 0.209 e. The lowest BCUT2D eigenvalue weighted by atomic mass is 10.1. The molecule has 0 unspecified atom stereocenters. The highest BCUT2D eigenvalue weighted by molar-refractivity contribution is 7.73. The molecule has 0 atom stereocenters. The van der Waals surface area contributed by atoms with Crippen molar-refractivity contribution in [2.45, 2.75) is 65.2 Å². The molecule has 2 N–H and O–H groups in total. The lowest BCUT2D eigenvalue weighted by Gasteiger charge is -2.02. The standard InChI is InChI=1S/C15H26N2OS2/c1-3-5-6-7-8-9-10-11-16-12(4-2)13-14(18)17-15(19)20-13/h18H,3-11H2,1-2H3,(H,17,19). The summed E-state index contributed by atoms with van der Waals surface area (Å²) in [6, 6.07) is 0. The fourth-order valence-electron chi connectivity index (χ4n) is 2.14. The number of aromatic amines is 1. The maximum atomic E-state index is 9.76. The molecular weight excluding hydrogens is 288 g/mol. The predicted octanol–water partition coefficient (Wildman–Crippen LogP) is 5.46. The Hall–Kier alpha value is -0.680. The Bertz CT molecular complexity index is 463. The van der Waals surface area contributed by atoms with E-state index in [1.54, 1.807) is 0 Å². The van der Waals surface area contributed by atoms with Gasteiger partial charge in [-0.2, -0.15) is 0 Å². The first-order chi connectivity index (χ1) is 9.69. The van der Waals surface area contributed by atoms with Crippen LogP contribution in [0.15, 0.2) is 4.99 Å². The van der Waals surface area contributed by atoms with Crippen LogP contribution < -0.4 is 0 Å². The SMILES string of the molecule is CCCCCCCCCN=C(CC)c1sc(=S)[nH]c1O. The summed E-state index contributed by atoms with van der Waals surface area (Å²) in [5, 5.41) is 9.76. The van der Waals surface area contributed by atoms with E-state index in [0.717, 1.165) is 30.0 Å². The summed E-state index contributed by atoms with van der Waals surface area (Å²) in [6.45, 7) is 5.15.